The molecule has 0 saturated heterocycles. The molecule has 0 aliphatic heterocycles. The fourth-order valence-corrected chi connectivity index (χ4v) is 14.6. The minimum Gasteiger partial charge on any atom is -0.313 e. The van der Waals surface area contributed by atoms with Crippen LogP contribution in [0.3, 0.4) is 0 Å². The van der Waals surface area contributed by atoms with Crippen LogP contribution in [-0.2, 0) is 15.6 Å². The summed E-state index contributed by atoms with van der Waals surface area (Å²) in [5.74, 6) is 0.160. The molecule has 1 unspecified atom stereocenters. The molecule has 0 radical (unpaired) electrons. The van der Waals surface area contributed by atoms with Gasteiger partial charge in [-0.15, -0.1) is 0 Å². The molecule has 0 aromatic heterocycles. The van der Waals surface area contributed by atoms with Crippen molar-refractivity contribution < 1.29 is 9.13 Å². The molecule has 8 rings (SSSR count). The second kappa shape index (κ2) is 15.4. The average Bonchev–Trinajstić information content (AvgIpc) is 3.24. The first-order valence-electron chi connectivity index (χ1n) is 19.1. The SMILES string of the molecule is Cc1ccc2c(c1)-c1cc(P(=O)(c3ccccc3)c3ccccc3)ccc1C(C)CC[C@@H](P(=O)(c1ccccc1)c1ccccc1)CCc1ccccc1-2. The van der Waals surface area contributed by atoms with Crippen molar-refractivity contribution in [3.8, 4) is 22.3 Å². The van der Waals surface area contributed by atoms with E-state index in [2.05, 4.69) is 98.8 Å². The normalized spacial score (nSPS) is 16.2. The molecule has 2 nitrogen and oxygen atoms in total. The third kappa shape index (κ3) is 6.68. The van der Waals surface area contributed by atoms with E-state index in [-0.39, 0.29) is 11.6 Å². The van der Waals surface area contributed by atoms with Gasteiger partial charge in [0, 0.05) is 32.2 Å². The molecule has 0 saturated carbocycles. The lowest BCUT2D eigenvalue weighted by Gasteiger charge is -2.31. The fourth-order valence-electron chi connectivity index (χ4n) is 8.54. The molecule has 7 aromatic rings. The van der Waals surface area contributed by atoms with E-state index >= 15 is 9.13 Å². The van der Waals surface area contributed by atoms with Gasteiger partial charge in [-0.1, -0.05) is 188 Å². The highest BCUT2D eigenvalue weighted by atomic mass is 31.2. The summed E-state index contributed by atoms with van der Waals surface area (Å²) in [4.78, 5) is 0. The van der Waals surface area contributed by atoms with Crippen molar-refractivity contribution in [3.63, 3.8) is 0 Å². The number of benzene rings is 7. The Balaban J connectivity index is 1.35. The Morgan fingerprint density at radius 2 is 0.981 bits per heavy atom. The summed E-state index contributed by atoms with van der Waals surface area (Å²) in [5.41, 5.74) is 8.26. The molecule has 0 spiro atoms. The molecule has 0 heterocycles. The van der Waals surface area contributed by atoms with E-state index in [0.29, 0.717) is 0 Å². The number of hydrogen-bond donors (Lipinski definition) is 0. The van der Waals surface area contributed by atoms with E-state index in [9.17, 15) is 0 Å². The third-order valence-corrected chi connectivity index (χ3v) is 18.1. The summed E-state index contributed by atoms with van der Waals surface area (Å²) >= 11 is 0. The summed E-state index contributed by atoms with van der Waals surface area (Å²) < 4.78 is 31.6. The second-order valence-electron chi connectivity index (χ2n) is 14.8. The maximum absolute atomic E-state index is 15.9. The van der Waals surface area contributed by atoms with Crippen molar-refractivity contribution in [2.45, 2.75) is 51.1 Å². The van der Waals surface area contributed by atoms with Gasteiger partial charge in [0.15, 0.2) is 7.14 Å². The molecule has 0 amide bonds. The Morgan fingerprint density at radius 1 is 0.444 bits per heavy atom. The van der Waals surface area contributed by atoms with Crippen LogP contribution in [0.15, 0.2) is 182 Å². The van der Waals surface area contributed by atoms with Crippen LogP contribution < -0.4 is 26.5 Å². The van der Waals surface area contributed by atoms with Gasteiger partial charge in [-0.05, 0) is 78.0 Å². The topological polar surface area (TPSA) is 34.1 Å². The van der Waals surface area contributed by atoms with E-state index in [1.807, 2.05) is 97.1 Å². The van der Waals surface area contributed by atoms with Gasteiger partial charge in [-0.3, -0.25) is 0 Å². The maximum Gasteiger partial charge on any atom is 0.171 e. The van der Waals surface area contributed by atoms with Gasteiger partial charge in [-0.2, -0.15) is 0 Å². The van der Waals surface area contributed by atoms with Crippen LogP contribution in [-0.4, -0.2) is 5.66 Å². The van der Waals surface area contributed by atoms with Crippen molar-refractivity contribution in [1.29, 1.82) is 0 Å². The predicted molar refractivity (Wildman–Crippen MR) is 231 cm³/mol. The molecule has 0 N–H and O–H groups in total. The molecule has 268 valence electrons. The third-order valence-electron chi connectivity index (χ3n) is 11.4. The quantitative estimate of drug-likeness (QED) is 0.159. The molecule has 0 bridgehead atoms. The first kappa shape index (κ1) is 36.0. The van der Waals surface area contributed by atoms with Gasteiger partial charge < -0.3 is 9.13 Å². The number of aryl methyl sites for hydroxylation is 2. The highest BCUT2D eigenvalue weighted by molar-refractivity contribution is 7.85. The van der Waals surface area contributed by atoms with Crippen LogP contribution in [0.4, 0.5) is 0 Å². The van der Waals surface area contributed by atoms with Gasteiger partial charge in [0.05, 0.1) is 0 Å². The monoisotopic (exact) mass is 740 g/mol. The average molecular weight is 741 g/mol. The molecule has 0 fully saturated rings. The van der Waals surface area contributed by atoms with Crippen molar-refractivity contribution >= 4 is 40.8 Å². The summed E-state index contributed by atoms with van der Waals surface area (Å²) in [7, 11) is -6.26. The Bertz CT molecular complexity index is 2390. The van der Waals surface area contributed by atoms with Gasteiger partial charge in [0.2, 0.25) is 0 Å². The van der Waals surface area contributed by atoms with E-state index in [1.54, 1.807) is 0 Å². The van der Waals surface area contributed by atoms with Gasteiger partial charge in [0.25, 0.3) is 0 Å². The molecule has 2 atom stereocenters. The van der Waals surface area contributed by atoms with Crippen molar-refractivity contribution in [1.82, 2.24) is 0 Å². The largest absolute Gasteiger partial charge is 0.313 e. The Labute approximate surface area is 320 Å². The summed E-state index contributed by atoms with van der Waals surface area (Å²) in [6.45, 7) is 4.47. The first-order chi connectivity index (χ1) is 26.4. The zero-order valence-corrected chi connectivity index (χ0v) is 32.8. The summed E-state index contributed by atoms with van der Waals surface area (Å²) in [5, 5.41) is 4.34. The van der Waals surface area contributed by atoms with Gasteiger partial charge in [0.1, 0.15) is 7.14 Å². The van der Waals surface area contributed by atoms with Crippen LogP contribution in [0.5, 0.6) is 0 Å². The van der Waals surface area contributed by atoms with Crippen LogP contribution in [0.2, 0.25) is 0 Å². The molecular formula is C50H46O2P2. The minimum absolute atomic E-state index is 0.0474. The summed E-state index contributed by atoms with van der Waals surface area (Å²) in [6.07, 6.45) is 3.32. The number of hydrogen-bond acceptors (Lipinski definition) is 2. The number of fused-ring (bicyclic) bond motifs is 5. The van der Waals surface area contributed by atoms with Crippen LogP contribution in [0.25, 0.3) is 22.3 Å². The number of rotatable bonds is 6. The molecule has 54 heavy (non-hydrogen) atoms. The zero-order valence-electron chi connectivity index (χ0n) is 31.0. The van der Waals surface area contributed by atoms with Crippen molar-refractivity contribution in [2.75, 3.05) is 0 Å². The van der Waals surface area contributed by atoms with Crippen molar-refractivity contribution in [3.05, 3.63) is 199 Å². The van der Waals surface area contributed by atoms with E-state index in [1.165, 1.54) is 27.8 Å². The molecule has 4 heteroatoms. The fraction of sp³-hybridized carbons (Fsp3) is 0.160. The van der Waals surface area contributed by atoms with Crippen molar-refractivity contribution in [2.24, 2.45) is 0 Å². The lowest BCUT2D eigenvalue weighted by molar-refractivity contribution is 0.543. The predicted octanol–water partition coefficient (Wildman–Crippen LogP) is 11.2. The zero-order chi connectivity index (χ0) is 37.1. The Hall–Kier alpha value is -5.00. The van der Waals surface area contributed by atoms with Crippen LogP contribution in [0, 0.1) is 6.92 Å². The smallest absolute Gasteiger partial charge is 0.171 e. The van der Waals surface area contributed by atoms with E-state index < -0.39 is 14.3 Å². The molecular weight excluding hydrogens is 694 g/mol. The van der Waals surface area contributed by atoms with E-state index in [4.69, 9.17) is 0 Å². The highest BCUT2D eigenvalue weighted by Gasteiger charge is 2.37. The first-order valence-corrected chi connectivity index (χ1v) is 22.6. The highest BCUT2D eigenvalue weighted by Crippen LogP contribution is 2.54. The van der Waals surface area contributed by atoms with Gasteiger partial charge in [-0.25, -0.2) is 0 Å². The minimum atomic E-state index is -3.23. The maximum atomic E-state index is 15.9. The Morgan fingerprint density at radius 3 is 1.57 bits per heavy atom. The second-order valence-corrected chi connectivity index (χ2v) is 20.6. The lowest BCUT2D eigenvalue weighted by atomic mass is 9.83. The Kier molecular flexibility index (Phi) is 10.3. The van der Waals surface area contributed by atoms with Crippen LogP contribution in [0.1, 0.15) is 48.8 Å². The van der Waals surface area contributed by atoms with Crippen LogP contribution >= 0.6 is 14.3 Å². The lowest BCUT2D eigenvalue weighted by Crippen LogP contribution is -2.27. The molecule has 1 aliphatic rings. The standard InChI is InChI=1S/C50H46O2P2/c1-37-27-33-48-47-26-16-15-17-39(47)29-31-44(53(51,40-18-7-3-8-19-40)41-20-9-4-10-21-41)30-28-38(2)46-34-32-45(36-50(46)49(48)35-37)54(52,42-22-11-5-12-23-42)43-24-13-6-14-25-43/h3-27,32-36,38,44H,28-31H2,1-2H3/t38?,44-/m1/s1. The summed E-state index contributed by atoms with van der Waals surface area (Å²) in [6, 6.07) is 62.4. The van der Waals surface area contributed by atoms with Gasteiger partial charge >= 0.3 is 0 Å². The molecule has 7 aromatic carbocycles. The molecule has 1 aliphatic carbocycles. The van der Waals surface area contributed by atoms with E-state index in [0.717, 1.165) is 63.3 Å².